The van der Waals surface area contributed by atoms with Gasteiger partial charge in [-0.2, -0.15) is 9.49 Å². The molecule has 1 N–H and O–H groups in total. The molecule has 2 rings (SSSR count). The summed E-state index contributed by atoms with van der Waals surface area (Å²) < 4.78 is 27.9. The smallest absolute Gasteiger partial charge is 0.260 e. The Morgan fingerprint density at radius 2 is 2.05 bits per heavy atom. The van der Waals surface area contributed by atoms with Gasteiger partial charge in [0.2, 0.25) is 5.95 Å². The number of carbonyl (C=O) groups is 1. The highest BCUT2D eigenvalue weighted by molar-refractivity contribution is 6.03. The third kappa shape index (κ3) is 2.59. The average molecular weight is 266 g/mol. The SMILES string of the molecule is CC(C)n1nccc1NC(=O)c1ccnc(F)c1F. The number of hydrogen-bond donors (Lipinski definition) is 1. The van der Waals surface area contributed by atoms with Crippen LogP contribution in [0.25, 0.3) is 0 Å². The number of halogens is 2. The molecule has 7 heteroatoms. The minimum atomic E-state index is -1.30. The fourth-order valence-electron chi connectivity index (χ4n) is 1.60. The molecule has 0 aromatic carbocycles. The van der Waals surface area contributed by atoms with Gasteiger partial charge in [0.1, 0.15) is 5.82 Å². The first-order chi connectivity index (χ1) is 9.00. The number of rotatable bonds is 3. The normalized spacial score (nSPS) is 10.8. The lowest BCUT2D eigenvalue weighted by Crippen LogP contribution is -2.18. The molecule has 2 aromatic heterocycles. The number of nitrogens with one attached hydrogen (secondary N) is 1. The zero-order chi connectivity index (χ0) is 14.0. The van der Waals surface area contributed by atoms with Crippen molar-refractivity contribution in [1.29, 1.82) is 0 Å². The summed E-state index contributed by atoms with van der Waals surface area (Å²) >= 11 is 0. The Hall–Kier alpha value is -2.31. The second-order valence-electron chi connectivity index (χ2n) is 4.17. The largest absolute Gasteiger partial charge is 0.307 e. The number of amides is 1. The summed E-state index contributed by atoms with van der Waals surface area (Å²) in [4.78, 5) is 15.0. The van der Waals surface area contributed by atoms with Crippen molar-refractivity contribution in [1.82, 2.24) is 14.8 Å². The summed E-state index contributed by atoms with van der Waals surface area (Å²) in [6, 6.07) is 2.72. The maximum absolute atomic E-state index is 13.4. The summed E-state index contributed by atoms with van der Waals surface area (Å²) in [5.74, 6) is -2.90. The Kier molecular flexibility index (Phi) is 3.55. The average Bonchev–Trinajstić information content (AvgIpc) is 2.80. The Balaban J connectivity index is 2.26. The molecule has 5 nitrogen and oxygen atoms in total. The highest BCUT2D eigenvalue weighted by Crippen LogP contribution is 2.16. The van der Waals surface area contributed by atoms with E-state index >= 15 is 0 Å². The van der Waals surface area contributed by atoms with Gasteiger partial charge in [0.25, 0.3) is 5.91 Å². The van der Waals surface area contributed by atoms with Crippen LogP contribution in [0.1, 0.15) is 30.2 Å². The maximum Gasteiger partial charge on any atom is 0.260 e. The fraction of sp³-hybridized carbons (Fsp3) is 0.250. The fourth-order valence-corrected chi connectivity index (χ4v) is 1.60. The van der Waals surface area contributed by atoms with Crippen LogP contribution in [0.5, 0.6) is 0 Å². The van der Waals surface area contributed by atoms with Crippen LogP contribution in [-0.2, 0) is 0 Å². The van der Waals surface area contributed by atoms with E-state index < -0.39 is 23.2 Å². The first-order valence-electron chi connectivity index (χ1n) is 5.65. The Morgan fingerprint density at radius 1 is 1.32 bits per heavy atom. The monoisotopic (exact) mass is 266 g/mol. The van der Waals surface area contributed by atoms with Crippen molar-refractivity contribution >= 4 is 11.7 Å². The Bertz CT molecular complexity index is 610. The molecule has 0 spiro atoms. The van der Waals surface area contributed by atoms with E-state index in [-0.39, 0.29) is 6.04 Å². The third-order valence-corrected chi connectivity index (χ3v) is 2.49. The molecule has 100 valence electrons. The molecule has 0 saturated carbocycles. The van der Waals surface area contributed by atoms with Crippen LogP contribution in [0.2, 0.25) is 0 Å². The lowest BCUT2D eigenvalue weighted by Gasteiger charge is -2.11. The lowest BCUT2D eigenvalue weighted by atomic mass is 10.2. The van der Waals surface area contributed by atoms with Crippen LogP contribution in [0.3, 0.4) is 0 Å². The zero-order valence-corrected chi connectivity index (χ0v) is 10.4. The molecule has 2 heterocycles. The predicted molar refractivity (Wildman–Crippen MR) is 64.7 cm³/mol. The van der Waals surface area contributed by atoms with E-state index in [1.807, 2.05) is 13.8 Å². The van der Waals surface area contributed by atoms with E-state index in [0.717, 1.165) is 12.3 Å². The van der Waals surface area contributed by atoms with Crippen molar-refractivity contribution in [2.45, 2.75) is 19.9 Å². The van der Waals surface area contributed by atoms with E-state index in [0.29, 0.717) is 5.82 Å². The van der Waals surface area contributed by atoms with Gasteiger partial charge in [-0.15, -0.1) is 0 Å². The minimum absolute atomic E-state index is 0.0318. The molecule has 0 aliphatic heterocycles. The molecule has 0 atom stereocenters. The number of pyridine rings is 1. The first-order valence-corrected chi connectivity index (χ1v) is 5.65. The van der Waals surface area contributed by atoms with E-state index in [1.54, 1.807) is 10.7 Å². The van der Waals surface area contributed by atoms with Gasteiger partial charge in [-0.1, -0.05) is 0 Å². The quantitative estimate of drug-likeness (QED) is 0.868. The van der Waals surface area contributed by atoms with E-state index in [1.165, 1.54) is 6.20 Å². The van der Waals surface area contributed by atoms with Crippen molar-refractivity contribution in [3.05, 3.63) is 41.9 Å². The molecular formula is C12H12F2N4O. The van der Waals surface area contributed by atoms with Crippen molar-refractivity contribution in [2.24, 2.45) is 0 Å². The van der Waals surface area contributed by atoms with Crippen molar-refractivity contribution in [3.63, 3.8) is 0 Å². The van der Waals surface area contributed by atoms with E-state index in [9.17, 15) is 13.6 Å². The summed E-state index contributed by atoms with van der Waals surface area (Å²) in [7, 11) is 0. The maximum atomic E-state index is 13.4. The van der Waals surface area contributed by atoms with Crippen LogP contribution in [0.4, 0.5) is 14.6 Å². The molecule has 19 heavy (non-hydrogen) atoms. The van der Waals surface area contributed by atoms with Gasteiger partial charge < -0.3 is 5.32 Å². The summed E-state index contributed by atoms with van der Waals surface area (Å²) in [6.45, 7) is 3.77. The molecule has 0 bridgehead atoms. The second kappa shape index (κ2) is 5.13. The van der Waals surface area contributed by atoms with Gasteiger partial charge in [0.05, 0.1) is 11.8 Å². The number of carbonyl (C=O) groups excluding carboxylic acids is 1. The van der Waals surface area contributed by atoms with Crippen LogP contribution in [0.15, 0.2) is 24.5 Å². The van der Waals surface area contributed by atoms with Gasteiger partial charge >= 0.3 is 0 Å². The van der Waals surface area contributed by atoms with Gasteiger partial charge in [0, 0.05) is 18.3 Å². The van der Waals surface area contributed by atoms with E-state index in [2.05, 4.69) is 15.4 Å². The molecule has 0 radical (unpaired) electrons. The minimum Gasteiger partial charge on any atom is -0.307 e. The summed E-state index contributed by atoms with van der Waals surface area (Å²) in [6.07, 6.45) is 2.55. The van der Waals surface area contributed by atoms with Gasteiger partial charge in [-0.05, 0) is 19.9 Å². The molecule has 0 fully saturated rings. The number of hydrogen-bond acceptors (Lipinski definition) is 3. The molecule has 2 aromatic rings. The molecule has 0 aliphatic rings. The molecule has 1 amide bonds. The van der Waals surface area contributed by atoms with Crippen molar-refractivity contribution in [3.8, 4) is 0 Å². The van der Waals surface area contributed by atoms with Crippen LogP contribution < -0.4 is 5.32 Å². The standard InChI is InChI=1S/C12H12F2N4O/c1-7(2)18-9(4-6-16-18)17-12(19)8-3-5-15-11(14)10(8)13/h3-7H,1-2H3,(H,17,19). The lowest BCUT2D eigenvalue weighted by molar-refractivity contribution is 0.102. The topological polar surface area (TPSA) is 59.8 Å². The zero-order valence-electron chi connectivity index (χ0n) is 10.4. The number of nitrogens with zero attached hydrogens (tertiary/aromatic N) is 3. The van der Waals surface area contributed by atoms with Gasteiger partial charge in [-0.3, -0.25) is 4.79 Å². The molecule has 0 saturated heterocycles. The van der Waals surface area contributed by atoms with E-state index in [4.69, 9.17) is 0 Å². The Morgan fingerprint density at radius 3 is 2.74 bits per heavy atom. The van der Waals surface area contributed by atoms with Gasteiger partial charge in [0.15, 0.2) is 5.82 Å². The third-order valence-electron chi connectivity index (χ3n) is 2.49. The van der Waals surface area contributed by atoms with Crippen molar-refractivity contribution in [2.75, 3.05) is 5.32 Å². The van der Waals surface area contributed by atoms with Crippen molar-refractivity contribution < 1.29 is 13.6 Å². The first kappa shape index (κ1) is 13.1. The predicted octanol–water partition coefficient (Wildman–Crippen LogP) is 2.39. The second-order valence-corrected chi connectivity index (χ2v) is 4.17. The summed E-state index contributed by atoms with van der Waals surface area (Å²) in [5.41, 5.74) is -0.399. The van der Waals surface area contributed by atoms with Crippen LogP contribution in [-0.4, -0.2) is 20.7 Å². The van der Waals surface area contributed by atoms with Crippen LogP contribution in [0, 0.1) is 11.8 Å². The molecule has 0 aliphatic carbocycles. The highest BCUT2D eigenvalue weighted by atomic mass is 19.2. The molecular weight excluding hydrogens is 254 g/mol. The van der Waals surface area contributed by atoms with Gasteiger partial charge in [-0.25, -0.2) is 14.1 Å². The number of anilines is 1. The summed E-state index contributed by atoms with van der Waals surface area (Å²) in [5, 5.41) is 6.51. The highest BCUT2D eigenvalue weighted by Gasteiger charge is 2.17. The number of aromatic nitrogens is 3. The Labute approximate surface area is 108 Å². The van der Waals surface area contributed by atoms with Crippen LogP contribution >= 0.6 is 0 Å². The molecule has 0 unspecified atom stereocenters.